The predicted molar refractivity (Wildman–Crippen MR) is 103 cm³/mol. The molecule has 9 heteroatoms. The Labute approximate surface area is 160 Å². The van der Waals surface area contributed by atoms with Gasteiger partial charge in [-0.2, -0.15) is 0 Å². The van der Waals surface area contributed by atoms with Gasteiger partial charge < -0.3 is 0 Å². The average Bonchev–Trinajstić information content (AvgIpc) is 2.93. The minimum Gasteiger partial charge on any atom is -0.300 e. The van der Waals surface area contributed by atoms with Gasteiger partial charge in [0.25, 0.3) is 0 Å². The van der Waals surface area contributed by atoms with Gasteiger partial charge in [-0.3, -0.25) is 10.1 Å². The first kappa shape index (κ1) is 20.0. The van der Waals surface area contributed by atoms with Crippen molar-refractivity contribution in [2.75, 3.05) is 11.1 Å². The van der Waals surface area contributed by atoms with Gasteiger partial charge in [0.2, 0.25) is 11.0 Å². The van der Waals surface area contributed by atoms with Gasteiger partial charge in [-0.1, -0.05) is 59.2 Å². The van der Waals surface area contributed by atoms with Gasteiger partial charge in [0, 0.05) is 10.9 Å². The van der Waals surface area contributed by atoms with Gasteiger partial charge in [0.1, 0.15) is 10.8 Å². The predicted octanol–water partition coefficient (Wildman–Crippen LogP) is 3.59. The molecule has 0 saturated heterocycles. The number of halogens is 1. The van der Waals surface area contributed by atoms with Gasteiger partial charge in [0.05, 0.1) is 5.75 Å². The second kappa shape index (κ2) is 9.40. The molecule has 25 heavy (non-hydrogen) atoms. The maximum atomic E-state index is 12.2. The molecule has 1 amide bonds. The van der Waals surface area contributed by atoms with Gasteiger partial charge >= 0.3 is 0 Å². The zero-order valence-corrected chi connectivity index (χ0v) is 17.1. The largest absolute Gasteiger partial charge is 0.300 e. The molecule has 0 saturated carbocycles. The van der Waals surface area contributed by atoms with Crippen molar-refractivity contribution in [2.45, 2.75) is 38.4 Å². The first-order valence-corrected chi connectivity index (χ1v) is 11.4. The first-order valence-electron chi connectivity index (χ1n) is 7.95. The van der Waals surface area contributed by atoms with Gasteiger partial charge in [0.15, 0.2) is 9.84 Å². The number of nitrogens with zero attached hydrogens (tertiary/aromatic N) is 2. The molecule has 0 fully saturated rings. The fraction of sp³-hybridized carbons (Fsp3) is 0.438. The molecular formula is C16H20BrN3O3S2. The van der Waals surface area contributed by atoms with E-state index in [0.29, 0.717) is 10.7 Å². The maximum absolute atomic E-state index is 12.2. The second-order valence-corrected chi connectivity index (χ2v) is 9.71. The summed E-state index contributed by atoms with van der Waals surface area (Å²) < 4.78 is 25.2. The number of amides is 1. The summed E-state index contributed by atoms with van der Waals surface area (Å²) in [5.41, 5.74) is 0.635. The number of carbonyl (C=O) groups is 1. The average molecular weight is 446 g/mol. The number of sulfone groups is 1. The highest BCUT2D eigenvalue weighted by atomic mass is 79.9. The molecule has 0 radical (unpaired) electrons. The lowest BCUT2D eigenvalue weighted by molar-refractivity contribution is -0.113. The van der Waals surface area contributed by atoms with Crippen LogP contribution in [0.4, 0.5) is 5.13 Å². The lowest BCUT2D eigenvalue weighted by Gasteiger charge is -2.05. The Morgan fingerprint density at radius 3 is 2.80 bits per heavy atom. The van der Waals surface area contributed by atoms with E-state index >= 15 is 0 Å². The Morgan fingerprint density at radius 1 is 1.28 bits per heavy atom. The van der Waals surface area contributed by atoms with Crippen molar-refractivity contribution in [1.29, 1.82) is 0 Å². The van der Waals surface area contributed by atoms with E-state index in [9.17, 15) is 13.2 Å². The molecule has 0 aliphatic heterocycles. The monoisotopic (exact) mass is 445 g/mol. The molecule has 0 spiro atoms. The van der Waals surface area contributed by atoms with Crippen molar-refractivity contribution in [1.82, 2.24) is 10.2 Å². The Hall–Kier alpha value is -1.32. The Kier molecular flexibility index (Phi) is 7.52. The summed E-state index contributed by atoms with van der Waals surface area (Å²) in [5.74, 6) is -1.35. The highest BCUT2D eigenvalue weighted by molar-refractivity contribution is 9.10. The summed E-state index contributed by atoms with van der Waals surface area (Å²) in [4.78, 5) is 12.0. The van der Waals surface area contributed by atoms with Crippen LogP contribution in [0.5, 0.6) is 0 Å². The topological polar surface area (TPSA) is 89.0 Å². The number of nitrogens with one attached hydrogen (secondary N) is 1. The number of rotatable bonds is 9. The molecule has 0 unspecified atom stereocenters. The fourth-order valence-electron chi connectivity index (χ4n) is 2.22. The Balaban J connectivity index is 1.88. The van der Waals surface area contributed by atoms with Crippen LogP contribution in [-0.2, 0) is 26.8 Å². The van der Waals surface area contributed by atoms with E-state index in [1.165, 1.54) is 11.3 Å². The van der Waals surface area contributed by atoms with Crippen molar-refractivity contribution < 1.29 is 13.2 Å². The molecule has 2 aromatic rings. The van der Waals surface area contributed by atoms with E-state index in [2.05, 4.69) is 38.4 Å². The standard InChI is InChI=1S/C16H20BrN3O3S2/c1-2-3-4-8-15-19-20-16(24-15)18-14(21)11-25(22,23)10-12-6-5-7-13(17)9-12/h5-7,9H,2-4,8,10-11H2,1H3,(H,18,20,21). The van der Waals surface area contributed by atoms with E-state index in [-0.39, 0.29) is 5.75 Å². The van der Waals surface area contributed by atoms with Crippen molar-refractivity contribution in [3.05, 3.63) is 39.3 Å². The van der Waals surface area contributed by atoms with E-state index in [0.717, 1.165) is 35.2 Å². The summed E-state index contributed by atoms with van der Waals surface area (Å²) in [6.07, 6.45) is 4.09. The second-order valence-electron chi connectivity index (χ2n) is 5.67. The van der Waals surface area contributed by atoms with Crippen molar-refractivity contribution in [3.8, 4) is 0 Å². The molecule has 2 rings (SSSR count). The quantitative estimate of drug-likeness (QED) is 0.595. The summed E-state index contributed by atoms with van der Waals surface area (Å²) >= 11 is 4.59. The van der Waals surface area contributed by atoms with Crippen molar-refractivity contribution >= 4 is 48.1 Å². The highest BCUT2D eigenvalue weighted by Crippen LogP contribution is 2.18. The lowest BCUT2D eigenvalue weighted by atomic mass is 10.2. The molecular weight excluding hydrogens is 426 g/mol. The number of carbonyl (C=O) groups excluding carboxylic acids is 1. The van der Waals surface area contributed by atoms with Crippen LogP contribution < -0.4 is 5.32 Å². The SMILES string of the molecule is CCCCCc1nnc(NC(=O)CS(=O)(=O)Cc2cccc(Br)c2)s1. The van der Waals surface area contributed by atoms with Gasteiger partial charge in [-0.15, -0.1) is 10.2 Å². The molecule has 1 heterocycles. The van der Waals surface area contributed by atoms with Crippen LogP contribution in [0.3, 0.4) is 0 Å². The molecule has 0 atom stereocenters. The molecule has 0 aliphatic carbocycles. The summed E-state index contributed by atoms with van der Waals surface area (Å²) in [5, 5.41) is 11.6. The minimum absolute atomic E-state index is 0.182. The van der Waals surface area contributed by atoms with Crippen LogP contribution in [-0.4, -0.2) is 30.3 Å². The van der Waals surface area contributed by atoms with Gasteiger partial charge in [-0.05, 0) is 24.1 Å². The van der Waals surface area contributed by atoms with Gasteiger partial charge in [-0.25, -0.2) is 8.42 Å². The van der Waals surface area contributed by atoms with Crippen molar-refractivity contribution in [2.24, 2.45) is 0 Å². The summed E-state index contributed by atoms with van der Waals surface area (Å²) in [6, 6.07) is 7.02. The van der Waals surface area contributed by atoms with Crippen LogP contribution in [0.1, 0.15) is 36.8 Å². The molecule has 1 N–H and O–H groups in total. The molecule has 1 aromatic heterocycles. The molecule has 0 bridgehead atoms. The molecule has 6 nitrogen and oxygen atoms in total. The summed E-state index contributed by atoms with van der Waals surface area (Å²) in [6.45, 7) is 2.13. The number of hydrogen-bond acceptors (Lipinski definition) is 6. The van der Waals surface area contributed by atoms with Crippen LogP contribution >= 0.6 is 27.3 Å². The fourth-order valence-corrected chi connectivity index (χ4v) is 4.72. The van der Waals surface area contributed by atoms with Crippen molar-refractivity contribution in [3.63, 3.8) is 0 Å². The molecule has 0 aliphatic rings. The Morgan fingerprint density at radius 2 is 2.08 bits per heavy atom. The number of aryl methyl sites for hydroxylation is 1. The van der Waals surface area contributed by atoms with E-state index in [1.54, 1.807) is 18.2 Å². The zero-order chi connectivity index (χ0) is 18.3. The molecule has 1 aromatic carbocycles. The molecule has 136 valence electrons. The van der Waals surface area contributed by atoms with Crippen LogP contribution in [0.15, 0.2) is 28.7 Å². The van der Waals surface area contributed by atoms with Crippen LogP contribution in [0.25, 0.3) is 0 Å². The number of benzene rings is 1. The maximum Gasteiger partial charge on any atom is 0.241 e. The highest BCUT2D eigenvalue weighted by Gasteiger charge is 2.19. The van der Waals surface area contributed by atoms with E-state index in [4.69, 9.17) is 0 Å². The zero-order valence-electron chi connectivity index (χ0n) is 13.9. The number of unbranched alkanes of at least 4 members (excludes halogenated alkanes) is 2. The normalized spacial score (nSPS) is 11.4. The van der Waals surface area contributed by atoms with E-state index in [1.807, 2.05) is 6.07 Å². The van der Waals surface area contributed by atoms with Crippen LogP contribution in [0, 0.1) is 0 Å². The summed E-state index contributed by atoms with van der Waals surface area (Å²) in [7, 11) is -3.56. The van der Waals surface area contributed by atoms with E-state index < -0.39 is 21.5 Å². The first-order chi connectivity index (χ1) is 11.9. The lowest BCUT2D eigenvalue weighted by Crippen LogP contribution is -2.23. The third kappa shape index (κ3) is 7.21. The minimum atomic E-state index is -3.56. The number of hydrogen-bond donors (Lipinski definition) is 1. The smallest absolute Gasteiger partial charge is 0.241 e. The third-order valence-electron chi connectivity index (χ3n) is 3.33. The number of anilines is 1. The Bertz CT molecular complexity index is 822. The van der Waals surface area contributed by atoms with Crippen LogP contribution in [0.2, 0.25) is 0 Å². The third-order valence-corrected chi connectivity index (χ3v) is 6.20. The number of aromatic nitrogens is 2.